The molecule has 9 heteroatoms. The van der Waals surface area contributed by atoms with Crippen molar-refractivity contribution >= 4 is 13.7 Å². The van der Waals surface area contributed by atoms with Gasteiger partial charge in [-0.05, 0) is 44.9 Å². The average molecular weight is 783 g/mol. The van der Waals surface area contributed by atoms with E-state index in [9.17, 15) is 19.4 Å². The molecule has 0 saturated heterocycles. The first kappa shape index (κ1) is 52.7. The molecule has 0 spiro atoms. The highest BCUT2D eigenvalue weighted by molar-refractivity contribution is 7.45. The van der Waals surface area contributed by atoms with Crippen LogP contribution in [0.25, 0.3) is 0 Å². The molecule has 0 aliphatic carbocycles. The normalized spacial score (nSPS) is 14.7. The number of aliphatic hydroxyl groups is 1. The molecule has 54 heavy (non-hydrogen) atoms. The molecule has 0 radical (unpaired) electrons. The second-order valence-electron chi connectivity index (χ2n) is 16.4. The van der Waals surface area contributed by atoms with Crippen LogP contribution in [0.2, 0.25) is 0 Å². The molecule has 0 heterocycles. The summed E-state index contributed by atoms with van der Waals surface area (Å²) in [5.41, 5.74) is 0. The zero-order chi connectivity index (χ0) is 40.0. The number of amides is 1. The molecule has 0 aromatic heterocycles. The highest BCUT2D eigenvalue weighted by Crippen LogP contribution is 2.38. The third kappa shape index (κ3) is 39.0. The van der Waals surface area contributed by atoms with Crippen LogP contribution in [-0.4, -0.2) is 68.5 Å². The number of likely N-dealkylation sites (N-methyl/N-ethyl adjacent to an activating group) is 1. The van der Waals surface area contributed by atoms with Crippen molar-refractivity contribution < 1.29 is 32.9 Å². The lowest BCUT2D eigenvalue weighted by atomic mass is 10.0. The number of allylic oxidation sites excluding steroid dienone is 5. The number of nitrogens with zero attached hydrogens (tertiary/aromatic N) is 1. The Bertz CT molecular complexity index is 980. The molecule has 0 aliphatic heterocycles. The lowest BCUT2D eigenvalue weighted by Gasteiger charge is -2.29. The van der Waals surface area contributed by atoms with Gasteiger partial charge >= 0.3 is 0 Å². The van der Waals surface area contributed by atoms with Crippen molar-refractivity contribution in [2.45, 2.75) is 206 Å². The molecule has 3 atom stereocenters. The van der Waals surface area contributed by atoms with E-state index < -0.39 is 26.6 Å². The number of aliphatic hydroxyl groups excluding tert-OH is 1. The van der Waals surface area contributed by atoms with Gasteiger partial charge in [-0.2, -0.15) is 0 Å². The van der Waals surface area contributed by atoms with Crippen LogP contribution < -0.4 is 10.2 Å². The van der Waals surface area contributed by atoms with Gasteiger partial charge in [0.25, 0.3) is 7.82 Å². The van der Waals surface area contributed by atoms with Crippen molar-refractivity contribution in [1.29, 1.82) is 0 Å². The molecule has 0 fully saturated rings. The van der Waals surface area contributed by atoms with Crippen molar-refractivity contribution in [2.24, 2.45) is 0 Å². The van der Waals surface area contributed by atoms with Gasteiger partial charge in [-0.25, -0.2) is 0 Å². The zero-order valence-electron chi connectivity index (χ0n) is 35.9. The third-order valence-corrected chi connectivity index (χ3v) is 10.8. The maximum atomic E-state index is 12.7. The summed E-state index contributed by atoms with van der Waals surface area (Å²) >= 11 is 0. The summed E-state index contributed by atoms with van der Waals surface area (Å²) < 4.78 is 23.1. The Kier molecular flexibility index (Phi) is 36.4. The number of quaternary nitrogens is 1. The highest BCUT2D eigenvalue weighted by atomic mass is 31.2. The van der Waals surface area contributed by atoms with E-state index >= 15 is 0 Å². The van der Waals surface area contributed by atoms with Crippen LogP contribution in [0.4, 0.5) is 0 Å². The fraction of sp³-hybridized carbons (Fsp3) is 0.844. The SMILES string of the molecule is CCCCCCCCCCCCCCCC/C=C/CC/C=C/CC/C=C/C(O)C(COP(=O)([O-])OCC[N+](C)(C)C)NC(=O)CCCCCCCCCC. The van der Waals surface area contributed by atoms with Gasteiger partial charge in [-0.3, -0.25) is 9.36 Å². The lowest BCUT2D eigenvalue weighted by molar-refractivity contribution is -0.870. The van der Waals surface area contributed by atoms with Crippen LogP contribution in [-0.2, 0) is 18.4 Å². The molecule has 0 aromatic rings. The largest absolute Gasteiger partial charge is 0.756 e. The van der Waals surface area contributed by atoms with E-state index in [-0.39, 0.29) is 12.5 Å². The van der Waals surface area contributed by atoms with Crippen LogP contribution in [0, 0.1) is 0 Å². The first-order valence-corrected chi connectivity index (χ1v) is 23.8. The lowest BCUT2D eigenvalue weighted by Crippen LogP contribution is -2.45. The number of rotatable bonds is 40. The van der Waals surface area contributed by atoms with Crippen molar-refractivity contribution in [3.05, 3.63) is 36.5 Å². The van der Waals surface area contributed by atoms with E-state index in [1.807, 2.05) is 27.2 Å². The highest BCUT2D eigenvalue weighted by Gasteiger charge is 2.23. The molecular weight excluding hydrogens is 695 g/mol. The van der Waals surface area contributed by atoms with Gasteiger partial charge < -0.3 is 28.8 Å². The van der Waals surface area contributed by atoms with Gasteiger partial charge in [0.15, 0.2) is 0 Å². The number of hydrogen-bond acceptors (Lipinski definition) is 6. The quantitative estimate of drug-likeness (QED) is 0.0277. The van der Waals surface area contributed by atoms with E-state index in [0.717, 1.165) is 44.9 Å². The fourth-order valence-electron chi connectivity index (χ4n) is 6.24. The Morgan fingerprint density at radius 3 is 1.50 bits per heavy atom. The number of phosphoric acid groups is 1. The smallest absolute Gasteiger partial charge is 0.268 e. The van der Waals surface area contributed by atoms with Crippen molar-refractivity contribution in [1.82, 2.24) is 5.32 Å². The molecular formula is C45H87N2O6P. The van der Waals surface area contributed by atoms with E-state index in [1.165, 1.54) is 128 Å². The first-order valence-electron chi connectivity index (χ1n) is 22.4. The summed E-state index contributed by atoms with van der Waals surface area (Å²) in [7, 11) is 1.23. The Morgan fingerprint density at radius 2 is 1.04 bits per heavy atom. The van der Waals surface area contributed by atoms with Crippen molar-refractivity contribution in [3.8, 4) is 0 Å². The Balaban J connectivity index is 4.33. The summed E-state index contributed by atoms with van der Waals surface area (Å²) in [5.74, 6) is -0.217. The van der Waals surface area contributed by atoms with E-state index in [0.29, 0.717) is 17.4 Å². The van der Waals surface area contributed by atoms with Crippen LogP contribution >= 0.6 is 7.82 Å². The molecule has 0 aliphatic rings. The van der Waals surface area contributed by atoms with E-state index in [1.54, 1.807) is 6.08 Å². The molecule has 8 nitrogen and oxygen atoms in total. The minimum Gasteiger partial charge on any atom is -0.756 e. The Labute approximate surface area is 334 Å². The second kappa shape index (κ2) is 37.3. The van der Waals surface area contributed by atoms with Gasteiger partial charge in [-0.1, -0.05) is 179 Å². The molecule has 0 aromatic carbocycles. The molecule has 0 saturated carbocycles. The average Bonchev–Trinajstić information content (AvgIpc) is 3.12. The monoisotopic (exact) mass is 783 g/mol. The summed E-state index contributed by atoms with van der Waals surface area (Å²) in [5, 5.41) is 13.7. The third-order valence-electron chi connectivity index (χ3n) is 9.83. The number of unbranched alkanes of at least 4 members (excludes halogenated alkanes) is 23. The molecule has 3 unspecified atom stereocenters. The maximum absolute atomic E-state index is 12.7. The first-order chi connectivity index (χ1) is 26.0. The fourth-order valence-corrected chi connectivity index (χ4v) is 6.97. The number of carbonyl (C=O) groups excluding carboxylic acids is 1. The summed E-state index contributed by atoms with van der Waals surface area (Å²) in [6.45, 7) is 4.57. The van der Waals surface area contributed by atoms with Crippen molar-refractivity contribution in [3.63, 3.8) is 0 Å². The summed E-state index contributed by atoms with van der Waals surface area (Å²) in [4.78, 5) is 25.1. The van der Waals surface area contributed by atoms with Crippen LogP contribution in [0.15, 0.2) is 36.5 Å². The van der Waals surface area contributed by atoms with Gasteiger partial charge in [0, 0.05) is 6.42 Å². The van der Waals surface area contributed by atoms with Gasteiger partial charge in [-0.15, -0.1) is 0 Å². The maximum Gasteiger partial charge on any atom is 0.268 e. The Hall–Kier alpha value is -1.28. The molecule has 0 rings (SSSR count). The Morgan fingerprint density at radius 1 is 0.630 bits per heavy atom. The second-order valence-corrected chi connectivity index (χ2v) is 17.8. The molecule has 1 amide bonds. The van der Waals surface area contributed by atoms with E-state index in [4.69, 9.17) is 9.05 Å². The van der Waals surface area contributed by atoms with Gasteiger partial charge in [0.1, 0.15) is 13.2 Å². The topological polar surface area (TPSA) is 108 Å². The van der Waals surface area contributed by atoms with E-state index in [2.05, 4.69) is 43.5 Å². The molecule has 2 N–H and O–H groups in total. The number of hydrogen-bond donors (Lipinski definition) is 2. The number of nitrogens with one attached hydrogen (secondary N) is 1. The summed E-state index contributed by atoms with van der Waals surface area (Å²) in [6, 6.07) is -0.904. The molecule has 318 valence electrons. The van der Waals surface area contributed by atoms with Crippen LogP contribution in [0.3, 0.4) is 0 Å². The van der Waals surface area contributed by atoms with Gasteiger partial charge in [0.2, 0.25) is 5.91 Å². The van der Waals surface area contributed by atoms with Crippen LogP contribution in [0.1, 0.15) is 194 Å². The standard InChI is InChI=1S/C45H87N2O6P/c1-6-8-10-12-14-16-17-18-19-20-21-22-23-24-25-26-27-28-29-30-31-32-34-36-38-44(48)43(42-53-54(50,51)52-41-40-47(3,4)5)46-45(49)39-37-35-33-15-13-11-9-7-2/h26-27,30-31,36,38,43-44,48H,6-25,28-29,32-35,37,39-42H2,1-5H3,(H-,46,49,50,51)/b27-26+,31-30+,38-36+. The minimum absolute atomic E-state index is 0.00839. The van der Waals surface area contributed by atoms with Crippen molar-refractivity contribution in [2.75, 3.05) is 40.9 Å². The number of carbonyl (C=O) groups is 1. The number of phosphoric ester groups is 1. The molecule has 0 bridgehead atoms. The predicted octanol–water partition coefficient (Wildman–Crippen LogP) is 11.7. The predicted molar refractivity (Wildman–Crippen MR) is 228 cm³/mol. The van der Waals surface area contributed by atoms with Crippen LogP contribution in [0.5, 0.6) is 0 Å². The minimum atomic E-state index is -4.59. The summed E-state index contributed by atoms with van der Waals surface area (Å²) in [6.07, 6.45) is 45.1. The zero-order valence-corrected chi connectivity index (χ0v) is 36.8. The van der Waals surface area contributed by atoms with Gasteiger partial charge in [0.05, 0.1) is 39.9 Å².